The zero-order valence-corrected chi connectivity index (χ0v) is 12.5. The second-order valence-electron chi connectivity index (χ2n) is 4.68. The summed E-state index contributed by atoms with van der Waals surface area (Å²) in [5.74, 6) is -0.0747. The molecule has 116 valence electrons. The first kappa shape index (κ1) is 14.8. The Labute approximate surface area is 130 Å². The van der Waals surface area contributed by atoms with Crippen LogP contribution in [0.15, 0.2) is 18.3 Å². The van der Waals surface area contributed by atoms with E-state index in [-0.39, 0.29) is 16.5 Å². The number of anilines is 1. The molecule has 0 fully saturated rings. The lowest BCUT2D eigenvalue weighted by Crippen LogP contribution is -2.23. The normalized spacial score (nSPS) is 13.6. The molecular formula is C14H13ClFN3O3. The Morgan fingerprint density at radius 2 is 2.36 bits per heavy atom. The molecule has 0 saturated carbocycles. The molecule has 0 unspecified atom stereocenters. The second-order valence-corrected chi connectivity index (χ2v) is 5.09. The fraction of sp³-hybridized carbons (Fsp3) is 0.286. The molecule has 0 spiro atoms. The lowest BCUT2D eigenvalue weighted by Gasteiger charge is -2.17. The summed E-state index contributed by atoms with van der Waals surface area (Å²) in [6.07, 6.45) is 1.47. The number of amides is 1. The van der Waals surface area contributed by atoms with Crippen LogP contribution in [0.5, 0.6) is 5.75 Å². The van der Waals surface area contributed by atoms with Gasteiger partial charge in [0.05, 0.1) is 30.6 Å². The van der Waals surface area contributed by atoms with Gasteiger partial charge in [0.15, 0.2) is 0 Å². The van der Waals surface area contributed by atoms with E-state index in [1.165, 1.54) is 19.4 Å². The van der Waals surface area contributed by atoms with Crippen molar-refractivity contribution in [2.24, 2.45) is 0 Å². The van der Waals surface area contributed by atoms with E-state index in [9.17, 15) is 9.18 Å². The van der Waals surface area contributed by atoms with Gasteiger partial charge in [-0.1, -0.05) is 11.6 Å². The average Bonchev–Trinajstić information content (AvgIpc) is 2.94. The van der Waals surface area contributed by atoms with Crippen molar-refractivity contribution >= 4 is 23.2 Å². The minimum atomic E-state index is -0.638. The summed E-state index contributed by atoms with van der Waals surface area (Å²) in [6, 6.07) is 2.43. The monoisotopic (exact) mass is 325 g/mol. The topological polar surface area (TPSA) is 65.4 Å². The molecule has 1 amide bonds. The van der Waals surface area contributed by atoms with E-state index in [1.54, 1.807) is 4.57 Å². The van der Waals surface area contributed by atoms with Crippen molar-refractivity contribution < 1.29 is 18.7 Å². The zero-order chi connectivity index (χ0) is 15.7. The van der Waals surface area contributed by atoms with Gasteiger partial charge >= 0.3 is 0 Å². The van der Waals surface area contributed by atoms with Crippen LogP contribution in [0.1, 0.15) is 16.3 Å². The number of nitrogens with one attached hydrogen (secondary N) is 1. The molecule has 1 aromatic carbocycles. The molecule has 22 heavy (non-hydrogen) atoms. The van der Waals surface area contributed by atoms with Crippen molar-refractivity contribution in [1.82, 2.24) is 9.55 Å². The van der Waals surface area contributed by atoms with E-state index < -0.39 is 11.7 Å². The van der Waals surface area contributed by atoms with E-state index >= 15 is 0 Å². The number of carbonyl (C=O) groups excluding carboxylic acids is 1. The molecule has 0 aliphatic carbocycles. The van der Waals surface area contributed by atoms with Crippen LogP contribution in [0.25, 0.3) is 0 Å². The fourth-order valence-corrected chi connectivity index (χ4v) is 2.41. The lowest BCUT2D eigenvalue weighted by molar-refractivity contribution is 0.0791. The highest BCUT2D eigenvalue weighted by Gasteiger charge is 2.20. The molecule has 2 aromatic rings. The van der Waals surface area contributed by atoms with Gasteiger partial charge in [-0.15, -0.1) is 0 Å². The highest BCUT2D eigenvalue weighted by Crippen LogP contribution is 2.30. The number of hydrogen-bond acceptors (Lipinski definition) is 4. The number of aromatic nitrogens is 2. The maximum Gasteiger partial charge on any atom is 0.274 e. The van der Waals surface area contributed by atoms with Gasteiger partial charge in [0.25, 0.3) is 5.91 Å². The van der Waals surface area contributed by atoms with Crippen LogP contribution in [0.2, 0.25) is 5.02 Å². The molecule has 0 saturated heterocycles. The predicted molar refractivity (Wildman–Crippen MR) is 77.8 cm³/mol. The van der Waals surface area contributed by atoms with E-state index in [0.29, 0.717) is 31.3 Å². The molecule has 3 rings (SSSR count). The molecule has 6 nitrogen and oxygen atoms in total. The van der Waals surface area contributed by atoms with Crippen LogP contribution < -0.4 is 10.1 Å². The number of rotatable bonds is 3. The molecule has 0 atom stereocenters. The lowest BCUT2D eigenvalue weighted by atomic mass is 10.2. The van der Waals surface area contributed by atoms with Gasteiger partial charge < -0.3 is 19.4 Å². The molecular weight excluding hydrogens is 313 g/mol. The summed E-state index contributed by atoms with van der Waals surface area (Å²) >= 11 is 5.70. The first-order valence-corrected chi connectivity index (χ1v) is 6.94. The third-order valence-electron chi connectivity index (χ3n) is 3.35. The molecule has 1 aromatic heterocycles. The highest BCUT2D eigenvalue weighted by atomic mass is 35.5. The number of carbonyl (C=O) groups is 1. The molecule has 2 heterocycles. The molecule has 1 N–H and O–H groups in total. The maximum absolute atomic E-state index is 13.6. The number of ether oxygens (including phenoxy) is 2. The van der Waals surface area contributed by atoms with Crippen LogP contribution in [0.3, 0.4) is 0 Å². The van der Waals surface area contributed by atoms with Gasteiger partial charge in [0.1, 0.15) is 29.7 Å². The van der Waals surface area contributed by atoms with Crippen LogP contribution in [-0.4, -0.2) is 29.2 Å². The third-order valence-corrected chi connectivity index (χ3v) is 3.64. The number of fused-ring (bicyclic) bond motifs is 1. The van der Waals surface area contributed by atoms with Crippen molar-refractivity contribution in [2.45, 2.75) is 13.2 Å². The van der Waals surface area contributed by atoms with Crippen molar-refractivity contribution in [3.05, 3.63) is 40.7 Å². The second kappa shape index (κ2) is 5.94. The van der Waals surface area contributed by atoms with Crippen LogP contribution in [0, 0.1) is 5.82 Å². The summed E-state index contributed by atoms with van der Waals surface area (Å²) in [5, 5.41) is 2.54. The van der Waals surface area contributed by atoms with Gasteiger partial charge in [-0.05, 0) is 0 Å². The first-order valence-electron chi connectivity index (χ1n) is 6.56. The maximum atomic E-state index is 13.6. The Hall–Kier alpha value is -2.12. The molecule has 0 radical (unpaired) electrons. The Balaban J connectivity index is 1.89. The van der Waals surface area contributed by atoms with Gasteiger partial charge in [-0.3, -0.25) is 4.79 Å². The average molecular weight is 326 g/mol. The number of benzene rings is 1. The van der Waals surface area contributed by atoms with Crippen molar-refractivity contribution in [3.8, 4) is 5.75 Å². The fourth-order valence-electron chi connectivity index (χ4n) is 2.26. The number of imidazole rings is 1. The Morgan fingerprint density at radius 3 is 3.14 bits per heavy atom. The standard InChI is InChI=1S/C14H13ClFN3O3/c1-21-12-4-8(15)9(16)5-10(12)18-14(20)11-6-17-13-7-22-3-2-19(11)13/h4-6H,2-3,7H2,1H3,(H,18,20). The number of halogens is 2. The SMILES string of the molecule is COc1cc(Cl)c(F)cc1NC(=O)c1cnc2n1CCOC2. The zero-order valence-electron chi connectivity index (χ0n) is 11.7. The molecule has 0 bridgehead atoms. The third kappa shape index (κ3) is 2.65. The van der Waals surface area contributed by atoms with Crippen molar-refractivity contribution in [3.63, 3.8) is 0 Å². The van der Waals surface area contributed by atoms with E-state index in [2.05, 4.69) is 10.3 Å². The Kier molecular flexibility index (Phi) is 4.00. The summed E-state index contributed by atoms with van der Waals surface area (Å²) < 4.78 is 25.7. The molecule has 1 aliphatic heterocycles. The van der Waals surface area contributed by atoms with E-state index in [4.69, 9.17) is 21.1 Å². The van der Waals surface area contributed by atoms with Crippen LogP contribution in [0.4, 0.5) is 10.1 Å². The number of hydrogen-bond donors (Lipinski definition) is 1. The van der Waals surface area contributed by atoms with Crippen molar-refractivity contribution in [2.75, 3.05) is 19.0 Å². The Morgan fingerprint density at radius 1 is 1.55 bits per heavy atom. The molecule has 8 heteroatoms. The largest absolute Gasteiger partial charge is 0.495 e. The summed E-state index contributed by atoms with van der Waals surface area (Å²) in [6.45, 7) is 1.43. The van der Waals surface area contributed by atoms with Gasteiger partial charge in [0.2, 0.25) is 0 Å². The smallest absolute Gasteiger partial charge is 0.274 e. The summed E-state index contributed by atoms with van der Waals surface area (Å²) in [7, 11) is 1.41. The number of methoxy groups -OCH3 is 1. The molecule has 1 aliphatic rings. The summed E-state index contributed by atoms with van der Waals surface area (Å²) in [4.78, 5) is 16.5. The first-order chi connectivity index (χ1) is 10.6. The highest BCUT2D eigenvalue weighted by molar-refractivity contribution is 6.31. The van der Waals surface area contributed by atoms with Gasteiger partial charge in [0, 0.05) is 18.7 Å². The summed E-state index contributed by atoms with van der Waals surface area (Å²) in [5.41, 5.74) is 0.590. The minimum absolute atomic E-state index is 0.0753. The van der Waals surface area contributed by atoms with Crippen LogP contribution in [-0.2, 0) is 17.9 Å². The van der Waals surface area contributed by atoms with Crippen molar-refractivity contribution in [1.29, 1.82) is 0 Å². The number of nitrogens with zero attached hydrogens (tertiary/aromatic N) is 2. The van der Waals surface area contributed by atoms with E-state index in [1.807, 2.05) is 0 Å². The van der Waals surface area contributed by atoms with Gasteiger partial charge in [-0.25, -0.2) is 9.37 Å². The Bertz CT molecular complexity index is 732. The van der Waals surface area contributed by atoms with E-state index in [0.717, 1.165) is 6.07 Å². The van der Waals surface area contributed by atoms with Gasteiger partial charge in [-0.2, -0.15) is 0 Å². The predicted octanol–water partition coefficient (Wildman–Crippen LogP) is 2.47. The minimum Gasteiger partial charge on any atom is -0.495 e. The quantitative estimate of drug-likeness (QED) is 0.941. The van der Waals surface area contributed by atoms with Crippen LogP contribution >= 0.6 is 11.6 Å².